The van der Waals surface area contributed by atoms with Crippen LogP contribution in [0.2, 0.25) is 0 Å². The molecule has 1 aliphatic rings. The van der Waals surface area contributed by atoms with E-state index in [-0.39, 0.29) is 0 Å². The van der Waals surface area contributed by atoms with Gasteiger partial charge in [0.25, 0.3) is 0 Å². The van der Waals surface area contributed by atoms with Crippen LogP contribution in [0, 0.1) is 11.8 Å². The highest BCUT2D eigenvalue weighted by Crippen LogP contribution is 2.26. The number of nitrogens with zero attached hydrogens (tertiary/aromatic N) is 1. The molecule has 0 aromatic carbocycles. The number of rotatable bonds is 7. The van der Waals surface area contributed by atoms with Gasteiger partial charge in [0, 0.05) is 11.8 Å². The molecule has 1 rings (SSSR count). The number of nitrogens with one attached hydrogen (secondary N) is 1. The molecule has 2 nitrogen and oxygen atoms in total. The number of thioether (sulfide) groups is 1. The molecule has 0 amide bonds. The van der Waals surface area contributed by atoms with E-state index >= 15 is 0 Å². The molecule has 0 bridgehead atoms. The SMILES string of the molecule is CCCCC(CC)CNC1=NCC(C(C)C)S1. The van der Waals surface area contributed by atoms with Crippen molar-refractivity contribution in [2.24, 2.45) is 16.8 Å². The van der Waals surface area contributed by atoms with Crippen molar-refractivity contribution in [3.8, 4) is 0 Å². The summed E-state index contributed by atoms with van der Waals surface area (Å²) < 4.78 is 0. The van der Waals surface area contributed by atoms with Gasteiger partial charge < -0.3 is 5.32 Å². The number of hydrogen-bond donors (Lipinski definition) is 1. The Bertz CT molecular complexity index is 238. The molecule has 1 heterocycles. The summed E-state index contributed by atoms with van der Waals surface area (Å²) in [6, 6.07) is 0. The van der Waals surface area contributed by atoms with E-state index in [4.69, 9.17) is 0 Å². The van der Waals surface area contributed by atoms with Crippen molar-refractivity contribution in [1.29, 1.82) is 0 Å². The predicted molar refractivity (Wildman–Crippen MR) is 79.8 cm³/mol. The molecule has 1 N–H and O–H groups in total. The third-order valence-corrected chi connectivity index (χ3v) is 5.00. The van der Waals surface area contributed by atoms with Gasteiger partial charge in [0.15, 0.2) is 5.17 Å². The van der Waals surface area contributed by atoms with Crippen LogP contribution in [0.3, 0.4) is 0 Å². The Labute approximate surface area is 111 Å². The smallest absolute Gasteiger partial charge is 0.156 e. The number of amidine groups is 1. The standard InChI is InChI=1S/C14H28N2S/c1-5-7-8-12(6-2)9-15-14-16-10-13(17-14)11(3)4/h11-13H,5-10H2,1-4H3,(H,15,16). The Morgan fingerprint density at radius 3 is 2.71 bits per heavy atom. The second-order valence-electron chi connectivity index (χ2n) is 5.34. The second kappa shape index (κ2) is 8.02. The highest BCUT2D eigenvalue weighted by molar-refractivity contribution is 8.14. The lowest BCUT2D eigenvalue weighted by atomic mass is 10.00. The van der Waals surface area contributed by atoms with Crippen molar-refractivity contribution in [2.75, 3.05) is 13.1 Å². The summed E-state index contributed by atoms with van der Waals surface area (Å²) in [4.78, 5) is 4.59. The molecule has 0 saturated carbocycles. The van der Waals surface area contributed by atoms with E-state index in [2.05, 4.69) is 38.0 Å². The monoisotopic (exact) mass is 256 g/mol. The number of unbranched alkanes of at least 4 members (excludes halogenated alkanes) is 1. The number of hydrogen-bond acceptors (Lipinski definition) is 3. The molecule has 100 valence electrons. The average Bonchev–Trinajstić information content (AvgIpc) is 2.78. The molecular weight excluding hydrogens is 228 g/mol. The van der Waals surface area contributed by atoms with Crippen LogP contribution in [-0.4, -0.2) is 23.5 Å². The van der Waals surface area contributed by atoms with E-state index in [0.29, 0.717) is 5.25 Å². The Balaban J connectivity index is 2.21. The molecule has 0 aromatic rings. The topological polar surface area (TPSA) is 24.4 Å². The van der Waals surface area contributed by atoms with Gasteiger partial charge in [-0.3, -0.25) is 4.99 Å². The van der Waals surface area contributed by atoms with Gasteiger partial charge in [-0.05, 0) is 18.3 Å². The maximum Gasteiger partial charge on any atom is 0.156 e. The summed E-state index contributed by atoms with van der Waals surface area (Å²) in [5.74, 6) is 1.54. The zero-order valence-corrected chi connectivity index (χ0v) is 12.6. The fourth-order valence-corrected chi connectivity index (χ4v) is 3.03. The van der Waals surface area contributed by atoms with E-state index in [1.165, 1.54) is 30.9 Å². The van der Waals surface area contributed by atoms with Crippen molar-refractivity contribution in [2.45, 2.75) is 58.6 Å². The van der Waals surface area contributed by atoms with E-state index in [1.54, 1.807) is 0 Å². The summed E-state index contributed by atoms with van der Waals surface area (Å²) in [5, 5.41) is 5.41. The summed E-state index contributed by atoms with van der Waals surface area (Å²) in [7, 11) is 0. The Hall–Kier alpha value is -0.180. The summed E-state index contributed by atoms with van der Waals surface area (Å²) in [6.45, 7) is 11.2. The minimum absolute atomic E-state index is 0.688. The maximum atomic E-state index is 4.59. The molecule has 0 fully saturated rings. The first-order valence-electron chi connectivity index (χ1n) is 7.12. The molecule has 3 heteroatoms. The van der Waals surface area contributed by atoms with Crippen LogP contribution in [0.5, 0.6) is 0 Å². The van der Waals surface area contributed by atoms with Gasteiger partial charge in [0.1, 0.15) is 0 Å². The van der Waals surface area contributed by atoms with Crippen LogP contribution in [0.4, 0.5) is 0 Å². The predicted octanol–water partition coefficient (Wildman–Crippen LogP) is 3.92. The third kappa shape index (κ3) is 5.33. The summed E-state index contributed by atoms with van der Waals surface area (Å²) >= 11 is 1.93. The van der Waals surface area contributed by atoms with Crippen molar-refractivity contribution in [3.05, 3.63) is 0 Å². The Morgan fingerprint density at radius 2 is 2.18 bits per heavy atom. The summed E-state index contributed by atoms with van der Waals surface area (Å²) in [6.07, 6.45) is 5.29. The van der Waals surface area contributed by atoms with Crippen molar-refractivity contribution in [1.82, 2.24) is 5.32 Å². The zero-order valence-electron chi connectivity index (χ0n) is 11.8. The van der Waals surface area contributed by atoms with E-state index < -0.39 is 0 Å². The minimum atomic E-state index is 0.688. The Kier molecular flexibility index (Phi) is 7.02. The first kappa shape index (κ1) is 14.9. The van der Waals surface area contributed by atoms with Gasteiger partial charge >= 0.3 is 0 Å². The summed E-state index contributed by atoms with van der Waals surface area (Å²) in [5.41, 5.74) is 0. The fraction of sp³-hybridized carbons (Fsp3) is 0.929. The van der Waals surface area contributed by atoms with Gasteiger partial charge in [-0.2, -0.15) is 0 Å². The van der Waals surface area contributed by atoms with Gasteiger partial charge in [-0.15, -0.1) is 0 Å². The largest absolute Gasteiger partial charge is 0.365 e. The molecule has 2 unspecified atom stereocenters. The van der Waals surface area contributed by atoms with Crippen LogP contribution in [0.1, 0.15) is 53.4 Å². The first-order valence-corrected chi connectivity index (χ1v) is 8.00. The molecule has 0 saturated heterocycles. The minimum Gasteiger partial charge on any atom is -0.365 e. The maximum absolute atomic E-state index is 4.59. The van der Waals surface area contributed by atoms with Gasteiger partial charge in [-0.25, -0.2) is 0 Å². The van der Waals surface area contributed by atoms with Crippen LogP contribution in [0.25, 0.3) is 0 Å². The van der Waals surface area contributed by atoms with Gasteiger partial charge in [-0.1, -0.05) is 58.7 Å². The van der Waals surface area contributed by atoms with Crippen LogP contribution in [-0.2, 0) is 0 Å². The van der Waals surface area contributed by atoms with Crippen LogP contribution >= 0.6 is 11.8 Å². The quantitative estimate of drug-likeness (QED) is 0.746. The highest BCUT2D eigenvalue weighted by Gasteiger charge is 2.22. The lowest BCUT2D eigenvalue weighted by molar-refractivity contribution is 0.447. The molecule has 17 heavy (non-hydrogen) atoms. The average molecular weight is 256 g/mol. The zero-order chi connectivity index (χ0) is 12.7. The third-order valence-electron chi connectivity index (χ3n) is 3.51. The molecular formula is C14H28N2S. The lowest BCUT2D eigenvalue weighted by Crippen LogP contribution is -2.26. The highest BCUT2D eigenvalue weighted by atomic mass is 32.2. The van der Waals surface area contributed by atoms with Crippen LogP contribution < -0.4 is 5.32 Å². The van der Waals surface area contributed by atoms with Crippen molar-refractivity contribution >= 4 is 16.9 Å². The van der Waals surface area contributed by atoms with E-state index in [9.17, 15) is 0 Å². The molecule has 0 aromatic heterocycles. The molecule has 2 atom stereocenters. The molecule has 0 spiro atoms. The Morgan fingerprint density at radius 1 is 1.41 bits per heavy atom. The number of aliphatic imine (C=N–C) groups is 1. The lowest BCUT2D eigenvalue weighted by Gasteiger charge is -2.16. The normalized spacial score (nSPS) is 21.7. The van der Waals surface area contributed by atoms with Crippen molar-refractivity contribution in [3.63, 3.8) is 0 Å². The van der Waals surface area contributed by atoms with E-state index in [0.717, 1.165) is 24.9 Å². The van der Waals surface area contributed by atoms with Gasteiger partial charge in [0.2, 0.25) is 0 Å². The van der Waals surface area contributed by atoms with E-state index in [1.807, 2.05) is 11.8 Å². The first-order chi connectivity index (χ1) is 8.17. The second-order valence-corrected chi connectivity index (χ2v) is 6.57. The fourth-order valence-electron chi connectivity index (χ4n) is 2.01. The molecule has 1 aliphatic heterocycles. The molecule has 0 radical (unpaired) electrons. The van der Waals surface area contributed by atoms with Gasteiger partial charge in [0.05, 0.1) is 6.54 Å². The van der Waals surface area contributed by atoms with Crippen LogP contribution in [0.15, 0.2) is 4.99 Å². The molecule has 0 aliphatic carbocycles. The van der Waals surface area contributed by atoms with Crippen molar-refractivity contribution < 1.29 is 0 Å².